The summed E-state index contributed by atoms with van der Waals surface area (Å²) in [4.78, 5) is -0.678. The van der Waals surface area contributed by atoms with E-state index in [1.165, 1.54) is 24.3 Å². The lowest BCUT2D eigenvalue weighted by Gasteiger charge is -2.27. The highest BCUT2D eigenvalue weighted by Gasteiger charge is 2.51. The van der Waals surface area contributed by atoms with Crippen molar-refractivity contribution in [1.82, 2.24) is 4.31 Å². The second-order valence-corrected chi connectivity index (χ2v) is 9.60. The molecule has 1 saturated heterocycles. The Hall–Kier alpha value is -3.36. The van der Waals surface area contributed by atoms with Crippen LogP contribution in [0.1, 0.15) is 23.6 Å². The van der Waals surface area contributed by atoms with Crippen LogP contribution in [0.2, 0.25) is 0 Å². The number of aliphatic hydroxyl groups excluding tert-OH is 1. The summed E-state index contributed by atoms with van der Waals surface area (Å²) in [5.74, 6) is 0.233. The van der Waals surface area contributed by atoms with E-state index in [4.69, 9.17) is 14.7 Å². The third-order valence-corrected chi connectivity index (χ3v) is 7.25. The summed E-state index contributed by atoms with van der Waals surface area (Å²) >= 11 is 0. The molecule has 0 bridgehead atoms. The van der Waals surface area contributed by atoms with Crippen molar-refractivity contribution in [3.05, 3.63) is 53.1 Å². The molecule has 1 heterocycles. The van der Waals surface area contributed by atoms with E-state index in [0.717, 1.165) is 4.31 Å². The molecule has 13 heteroatoms. The Bertz CT molecular complexity index is 1300. The minimum absolute atomic E-state index is 0.0780. The number of sulfonamides is 1. The molecule has 0 spiro atoms. The largest absolute Gasteiger partial charge is 0.490 e. The van der Waals surface area contributed by atoms with Crippen molar-refractivity contribution in [2.45, 2.75) is 29.7 Å². The number of ether oxygens (including phenoxy) is 2. The van der Waals surface area contributed by atoms with Gasteiger partial charge in [0.1, 0.15) is 17.8 Å². The maximum Gasteiger partial charge on any atom is 0.416 e. The van der Waals surface area contributed by atoms with Gasteiger partial charge in [0.2, 0.25) is 10.0 Å². The van der Waals surface area contributed by atoms with E-state index in [-0.39, 0.29) is 23.7 Å². The van der Waals surface area contributed by atoms with Gasteiger partial charge in [-0.05, 0) is 37.3 Å². The van der Waals surface area contributed by atoms with Crippen LogP contribution in [0.25, 0.3) is 0 Å². The van der Waals surface area contributed by atoms with Crippen LogP contribution >= 0.6 is 0 Å². The van der Waals surface area contributed by atoms with Gasteiger partial charge in [0.05, 0.1) is 47.4 Å². The van der Waals surface area contributed by atoms with Gasteiger partial charge in [-0.3, -0.25) is 0 Å². The second-order valence-electron chi connectivity index (χ2n) is 7.69. The van der Waals surface area contributed by atoms with Crippen molar-refractivity contribution in [3.63, 3.8) is 0 Å². The summed E-state index contributed by atoms with van der Waals surface area (Å²) in [5.41, 5.74) is -3.72. The molecule has 3 rings (SSSR count). The lowest BCUT2D eigenvalue weighted by atomic mass is 10.0. The first-order valence-electron chi connectivity index (χ1n) is 10.2. The van der Waals surface area contributed by atoms with Gasteiger partial charge in [0.25, 0.3) is 0 Å². The number of halogens is 3. The van der Waals surface area contributed by atoms with Gasteiger partial charge in [-0.15, -0.1) is 0 Å². The maximum atomic E-state index is 13.2. The number of nitrogens with zero attached hydrogens (tertiary/aromatic N) is 3. The lowest BCUT2D eigenvalue weighted by Crippen LogP contribution is -2.48. The number of nitriles is 2. The Morgan fingerprint density at radius 2 is 1.89 bits per heavy atom. The SMILES string of the molecule is CCOc1cc(C#N)ccc1O[C@H]1CN(S(=O)(=O)c2ccc(C(F)(F)F)cc2C#N)C[C@@]1(O)CO. The van der Waals surface area contributed by atoms with Gasteiger partial charge >= 0.3 is 6.18 Å². The second kappa shape index (κ2) is 9.71. The first kappa shape index (κ1) is 26.2. The molecule has 1 fully saturated rings. The molecule has 0 amide bonds. The van der Waals surface area contributed by atoms with Crippen molar-refractivity contribution in [3.8, 4) is 23.6 Å². The molecule has 1 aliphatic rings. The average Bonchev–Trinajstić information content (AvgIpc) is 3.16. The van der Waals surface area contributed by atoms with Crippen LogP contribution in [-0.2, 0) is 16.2 Å². The molecule has 2 N–H and O–H groups in total. The molecule has 35 heavy (non-hydrogen) atoms. The number of rotatable bonds is 7. The van der Waals surface area contributed by atoms with Crippen LogP contribution < -0.4 is 9.47 Å². The van der Waals surface area contributed by atoms with E-state index in [0.29, 0.717) is 18.2 Å². The fourth-order valence-corrected chi connectivity index (χ4v) is 5.19. The molecular weight excluding hydrogens is 491 g/mol. The van der Waals surface area contributed by atoms with Gasteiger partial charge in [-0.1, -0.05) is 0 Å². The normalized spacial score (nSPS) is 20.7. The Kier molecular flexibility index (Phi) is 7.29. The van der Waals surface area contributed by atoms with E-state index < -0.39 is 63.6 Å². The van der Waals surface area contributed by atoms with Gasteiger partial charge in [-0.25, -0.2) is 8.42 Å². The number of hydrogen-bond donors (Lipinski definition) is 2. The number of benzene rings is 2. The zero-order chi connectivity index (χ0) is 26.0. The van der Waals surface area contributed by atoms with Crippen LogP contribution in [0.4, 0.5) is 13.2 Å². The lowest BCUT2D eigenvalue weighted by molar-refractivity contribution is -0.137. The monoisotopic (exact) mass is 511 g/mol. The maximum absolute atomic E-state index is 13.2. The Balaban J connectivity index is 1.96. The predicted molar refractivity (Wildman–Crippen MR) is 114 cm³/mol. The third kappa shape index (κ3) is 5.18. The molecule has 0 aromatic heterocycles. The average molecular weight is 511 g/mol. The van der Waals surface area contributed by atoms with Crippen molar-refractivity contribution in [2.75, 3.05) is 26.3 Å². The molecule has 2 aromatic carbocycles. The van der Waals surface area contributed by atoms with E-state index in [2.05, 4.69) is 0 Å². The topological polar surface area (TPSA) is 144 Å². The smallest absolute Gasteiger partial charge is 0.416 e. The van der Waals surface area contributed by atoms with Crippen LogP contribution in [0.3, 0.4) is 0 Å². The summed E-state index contributed by atoms with van der Waals surface area (Å²) in [6, 6.07) is 9.25. The van der Waals surface area contributed by atoms with Gasteiger partial charge in [0.15, 0.2) is 11.5 Å². The molecule has 0 radical (unpaired) electrons. The molecule has 1 aliphatic heterocycles. The molecule has 0 unspecified atom stereocenters. The van der Waals surface area contributed by atoms with Gasteiger partial charge in [-0.2, -0.15) is 28.0 Å². The van der Waals surface area contributed by atoms with Crippen molar-refractivity contribution >= 4 is 10.0 Å². The number of β-amino-alcohol motifs (C(OH)–C–C–N with tert-alkyl or cyclic N) is 1. The van der Waals surface area contributed by atoms with E-state index in [1.54, 1.807) is 6.92 Å². The Labute approximate surface area is 199 Å². The third-order valence-electron chi connectivity index (χ3n) is 5.38. The highest BCUT2D eigenvalue weighted by atomic mass is 32.2. The first-order chi connectivity index (χ1) is 16.4. The number of alkyl halides is 3. The highest BCUT2D eigenvalue weighted by molar-refractivity contribution is 7.89. The zero-order valence-electron chi connectivity index (χ0n) is 18.3. The molecule has 2 aromatic rings. The fraction of sp³-hybridized carbons (Fsp3) is 0.364. The van der Waals surface area contributed by atoms with Crippen molar-refractivity contribution in [2.24, 2.45) is 0 Å². The summed E-state index contributed by atoms with van der Waals surface area (Å²) in [5, 5.41) is 39.1. The molecule has 186 valence electrons. The van der Waals surface area contributed by atoms with Gasteiger partial charge < -0.3 is 19.7 Å². The molecule has 0 saturated carbocycles. The van der Waals surface area contributed by atoms with Crippen LogP contribution in [-0.4, -0.2) is 60.9 Å². The first-order valence-corrected chi connectivity index (χ1v) is 11.6. The van der Waals surface area contributed by atoms with Crippen molar-refractivity contribution < 1.29 is 41.3 Å². The van der Waals surface area contributed by atoms with E-state index >= 15 is 0 Å². The number of aliphatic hydroxyl groups is 2. The molecule has 0 aliphatic carbocycles. The van der Waals surface area contributed by atoms with Crippen LogP contribution in [0.5, 0.6) is 11.5 Å². The van der Waals surface area contributed by atoms with E-state index in [1.807, 2.05) is 6.07 Å². The molecular formula is C22H20F3N3O6S. The predicted octanol–water partition coefficient (Wildman–Crippen LogP) is 2.02. The highest BCUT2D eigenvalue weighted by Crippen LogP contribution is 2.37. The summed E-state index contributed by atoms with van der Waals surface area (Å²) in [6.07, 6.45) is -6.09. The van der Waals surface area contributed by atoms with Crippen molar-refractivity contribution in [1.29, 1.82) is 10.5 Å². The fourth-order valence-electron chi connectivity index (χ4n) is 3.56. The standard InChI is InChI=1S/C22H20F3N3O6S/c1-2-33-18-7-14(9-26)3-5-17(18)34-20-11-28(12-21(20,30)13-29)35(31,32)19-6-4-16(22(23,24)25)8-15(19)10-27/h3-8,20,29-30H,2,11-13H2,1H3/t20-,21+/m0/s1. The summed E-state index contributed by atoms with van der Waals surface area (Å²) in [6.45, 7) is -0.138. The summed E-state index contributed by atoms with van der Waals surface area (Å²) in [7, 11) is -4.56. The van der Waals surface area contributed by atoms with Crippen LogP contribution in [0, 0.1) is 22.7 Å². The number of hydrogen-bond acceptors (Lipinski definition) is 8. The van der Waals surface area contributed by atoms with Gasteiger partial charge in [0, 0.05) is 12.6 Å². The quantitative estimate of drug-likeness (QED) is 0.575. The van der Waals surface area contributed by atoms with Crippen LogP contribution in [0.15, 0.2) is 41.3 Å². The Morgan fingerprint density at radius 1 is 1.17 bits per heavy atom. The molecule has 2 atom stereocenters. The van der Waals surface area contributed by atoms with E-state index in [9.17, 15) is 37.1 Å². The summed E-state index contributed by atoms with van der Waals surface area (Å²) < 4.78 is 77.4. The molecule has 9 nitrogen and oxygen atoms in total. The Morgan fingerprint density at radius 3 is 2.46 bits per heavy atom. The zero-order valence-corrected chi connectivity index (χ0v) is 19.1. The minimum Gasteiger partial charge on any atom is -0.490 e. The minimum atomic E-state index is -4.78.